The van der Waals surface area contributed by atoms with E-state index in [1.807, 2.05) is 6.92 Å². The number of hydrogen-bond acceptors (Lipinski definition) is 2. The lowest BCUT2D eigenvalue weighted by atomic mass is 9.87. The molecule has 1 saturated heterocycles. The number of carbonyl (C=O) groups is 2. The van der Waals surface area contributed by atoms with E-state index in [1.165, 1.54) is 0 Å². The van der Waals surface area contributed by atoms with Gasteiger partial charge in [-0.3, -0.25) is 9.59 Å². The van der Waals surface area contributed by atoms with Crippen LogP contribution in [0.15, 0.2) is 12.7 Å². The van der Waals surface area contributed by atoms with E-state index < -0.39 is 5.54 Å². The van der Waals surface area contributed by atoms with E-state index in [0.29, 0.717) is 24.8 Å². The third-order valence-electron chi connectivity index (χ3n) is 4.18. The van der Waals surface area contributed by atoms with Gasteiger partial charge < -0.3 is 10.2 Å². The molecule has 19 heavy (non-hydrogen) atoms. The van der Waals surface area contributed by atoms with Gasteiger partial charge in [0.15, 0.2) is 0 Å². The maximum absolute atomic E-state index is 12.7. The van der Waals surface area contributed by atoms with Crippen LogP contribution in [0.25, 0.3) is 0 Å². The third-order valence-corrected chi connectivity index (χ3v) is 4.18. The highest BCUT2D eigenvalue weighted by molar-refractivity contribution is 6.00. The van der Waals surface area contributed by atoms with Crippen LogP contribution >= 0.6 is 0 Å². The topological polar surface area (TPSA) is 49.4 Å². The molecule has 2 unspecified atom stereocenters. The molecule has 106 valence electrons. The first-order chi connectivity index (χ1) is 8.90. The molecule has 1 saturated carbocycles. The van der Waals surface area contributed by atoms with Crippen LogP contribution in [-0.4, -0.2) is 34.8 Å². The van der Waals surface area contributed by atoms with Crippen molar-refractivity contribution in [2.75, 3.05) is 6.54 Å². The lowest BCUT2D eigenvalue weighted by molar-refractivity contribution is -0.155. The minimum Gasteiger partial charge on any atom is -0.340 e. The molecule has 0 bridgehead atoms. The van der Waals surface area contributed by atoms with Crippen LogP contribution in [0.2, 0.25) is 0 Å². The fraction of sp³-hybridized carbons (Fsp3) is 0.733. The van der Waals surface area contributed by atoms with Crippen LogP contribution in [0.3, 0.4) is 0 Å². The summed E-state index contributed by atoms with van der Waals surface area (Å²) < 4.78 is 0. The molecule has 0 radical (unpaired) electrons. The second kappa shape index (κ2) is 4.99. The van der Waals surface area contributed by atoms with Gasteiger partial charge in [0.2, 0.25) is 11.8 Å². The van der Waals surface area contributed by atoms with E-state index in [1.54, 1.807) is 11.0 Å². The summed E-state index contributed by atoms with van der Waals surface area (Å²) >= 11 is 0. The van der Waals surface area contributed by atoms with Gasteiger partial charge in [-0.25, -0.2) is 0 Å². The van der Waals surface area contributed by atoms with E-state index in [2.05, 4.69) is 25.7 Å². The molecule has 4 heteroatoms. The first-order valence-corrected chi connectivity index (χ1v) is 7.14. The summed E-state index contributed by atoms with van der Waals surface area (Å²) in [7, 11) is 0. The zero-order valence-corrected chi connectivity index (χ0v) is 12.1. The summed E-state index contributed by atoms with van der Waals surface area (Å²) in [5, 5.41) is 2.98. The van der Waals surface area contributed by atoms with Crippen molar-refractivity contribution in [2.45, 2.75) is 51.6 Å². The molecular formula is C15H24N2O2. The average molecular weight is 264 g/mol. The smallest absolute Gasteiger partial charge is 0.249 e. The van der Waals surface area contributed by atoms with E-state index in [9.17, 15) is 9.59 Å². The zero-order valence-electron chi connectivity index (χ0n) is 12.1. The Hall–Kier alpha value is -1.32. The first-order valence-electron chi connectivity index (χ1n) is 7.14. The number of amides is 2. The summed E-state index contributed by atoms with van der Waals surface area (Å²) in [6, 6.07) is -0.350. The molecule has 0 aromatic carbocycles. The molecule has 2 atom stereocenters. The molecule has 2 aliphatic rings. The lowest BCUT2D eigenvalue weighted by Crippen LogP contribution is -2.70. The van der Waals surface area contributed by atoms with Crippen molar-refractivity contribution in [3.8, 4) is 0 Å². The molecule has 1 N–H and O–H groups in total. The van der Waals surface area contributed by atoms with E-state index in [4.69, 9.17) is 0 Å². The average Bonchev–Trinajstić information content (AvgIpc) is 3.14. The van der Waals surface area contributed by atoms with Crippen LogP contribution < -0.4 is 5.32 Å². The lowest BCUT2D eigenvalue weighted by Gasteiger charge is -2.45. The molecule has 2 rings (SSSR count). The standard InChI is InChI=1S/C15H24N2O2/c1-5-8-17-12(9-10(2)3)13(18)16-15(4,14(17)19)11-6-7-11/h5,10-12H,1,6-9H2,2-4H3,(H,16,18). The number of piperazine rings is 1. The Bertz CT molecular complexity index is 401. The van der Waals surface area contributed by atoms with E-state index in [0.717, 1.165) is 12.8 Å². The van der Waals surface area contributed by atoms with Crippen molar-refractivity contribution in [2.24, 2.45) is 11.8 Å². The Morgan fingerprint density at radius 2 is 2.11 bits per heavy atom. The Labute approximate surface area is 115 Å². The molecule has 1 aliphatic carbocycles. The normalized spacial score (nSPS) is 31.6. The summed E-state index contributed by atoms with van der Waals surface area (Å²) in [5.74, 6) is 0.724. The largest absolute Gasteiger partial charge is 0.340 e. The Morgan fingerprint density at radius 1 is 1.47 bits per heavy atom. The SMILES string of the molecule is C=CCN1C(=O)C(C)(C2CC2)NC(=O)C1CC(C)C. The fourth-order valence-corrected chi connectivity index (χ4v) is 2.94. The zero-order chi connectivity index (χ0) is 14.2. The molecule has 0 spiro atoms. The first kappa shape index (κ1) is 14.1. The summed E-state index contributed by atoms with van der Waals surface area (Å²) in [5.41, 5.74) is -0.701. The van der Waals surface area contributed by atoms with Gasteiger partial charge in [0.25, 0.3) is 0 Å². The number of carbonyl (C=O) groups excluding carboxylic acids is 2. The summed E-state index contributed by atoms with van der Waals surface area (Å²) in [6.45, 7) is 10.2. The van der Waals surface area contributed by atoms with Crippen molar-refractivity contribution in [1.82, 2.24) is 10.2 Å². The summed E-state index contributed by atoms with van der Waals surface area (Å²) in [6.07, 6.45) is 4.46. The molecule has 1 heterocycles. The molecule has 2 fully saturated rings. The van der Waals surface area contributed by atoms with Gasteiger partial charge in [0.1, 0.15) is 11.6 Å². The van der Waals surface area contributed by atoms with Gasteiger partial charge in [-0.2, -0.15) is 0 Å². The van der Waals surface area contributed by atoms with Crippen molar-refractivity contribution in [3.63, 3.8) is 0 Å². The van der Waals surface area contributed by atoms with E-state index in [-0.39, 0.29) is 17.9 Å². The highest BCUT2D eigenvalue weighted by Gasteiger charge is 2.54. The number of nitrogens with one attached hydrogen (secondary N) is 1. The van der Waals surface area contributed by atoms with Crippen LogP contribution in [0.4, 0.5) is 0 Å². The maximum atomic E-state index is 12.7. The molecule has 4 nitrogen and oxygen atoms in total. The number of rotatable bonds is 5. The van der Waals surface area contributed by atoms with Crippen molar-refractivity contribution < 1.29 is 9.59 Å². The van der Waals surface area contributed by atoms with Gasteiger partial charge >= 0.3 is 0 Å². The minimum atomic E-state index is -0.701. The molecule has 0 aromatic rings. The monoisotopic (exact) mass is 264 g/mol. The summed E-state index contributed by atoms with van der Waals surface area (Å²) in [4.78, 5) is 26.8. The fourth-order valence-electron chi connectivity index (χ4n) is 2.94. The van der Waals surface area contributed by atoms with Crippen molar-refractivity contribution in [1.29, 1.82) is 0 Å². The Balaban J connectivity index is 2.25. The molecule has 2 amide bonds. The quantitative estimate of drug-likeness (QED) is 0.769. The minimum absolute atomic E-state index is 0.00968. The second-order valence-corrected chi connectivity index (χ2v) is 6.36. The van der Waals surface area contributed by atoms with Crippen LogP contribution in [-0.2, 0) is 9.59 Å². The highest BCUT2D eigenvalue weighted by Crippen LogP contribution is 2.42. The predicted molar refractivity (Wildman–Crippen MR) is 74.4 cm³/mol. The van der Waals surface area contributed by atoms with Gasteiger partial charge in [-0.15, -0.1) is 6.58 Å². The van der Waals surface area contributed by atoms with E-state index >= 15 is 0 Å². The van der Waals surface area contributed by atoms with Crippen LogP contribution in [0, 0.1) is 11.8 Å². The predicted octanol–water partition coefficient (Wildman–Crippen LogP) is 1.71. The second-order valence-electron chi connectivity index (χ2n) is 6.36. The maximum Gasteiger partial charge on any atom is 0.249 e. The number of nitrogens with zero attached hydrogens (tertiary/aromatic N) is 1. The highest BCUT2D eigenvalue weighted by atomic mass is 16.2. The van der Waals surface area contributed by atoms with Gasteiger partial charge in [-0.1, -0.05) is 19.9 Å². The van der Waals surface area contributed by atoms with Crippen LogP contribution in [0.1, 0.15) is 40.0 Å². The van der Waals surface area contributed by atoms with Crippen molar-refractivity contribution >= 4 is 11.8 Å². The molecule has 0 aromatic heterocycles. The van der Waals surface area contributed by atoms with Crippen LogP contribution in [0.5, 0.6) is 0 Å². The number of hydrogen-bond donors (Lipinski definition) is 1. The van der Waals surface area contributed by atoms with Gasteiger partial charge in [-0.05, 0) is 38.0 Å². The molecular weight excluding hydrogens is 240 g/mol. The third kappa shape index (κ3) is 2.53. The Kier molecular flexibility index (Phi) is 3.70. The molecule has 1 aliphatic heterocycles. The van der Waals surface area contributed by atoms with Gasteiger partial charge in [0, 0.05) is 6.54 Å². The van der Waals surface area contributed by atoms with Crippen molar-refractivity contribution in [3.05, 3.63) is 12.7 Å². The Morgan fingerprint density at radius 3 is 2.58 bits per heavy atom. The van der Waals surface area contributed by atoms with Gasteiger partial charge in [0.05, 0.1) is 0 Å².